The van der Waals surface area contributed by atoms with E-state index in [1.165, 1.54) is 24.5 Å². The Morgan fingerprint density at radius 3 is 2.62 bits per heavy atom. The third-order valence-corrected chi connectivity index (χ3v) is 4.95. The lowest BCUT2D eigenvalue weighted by Crippen LogP contribution is -2.33. The molecule has 0 amide bonds. The summed E-state index contributed by atoms with van der Waals surface area (Å²) in [5.74, 6) is 0.632. The summed E-state index contributed by atoms with van der Waals surface area (Å²) in [6.45, 7) is -0.237. The number of hydrogen-bond donors (Lipinski definition) is 0. The fourth-order valence-electron chi connectivity index (χ4n) is 3.26. The van der Waals surface area contributed by atoms with Crippen LogP contribution in [0.4, 0.5) is 0 Å². The second-order valence-corrected chi connectivity index (χ2v) is 7.09. The highest BCUT2D eigenvalue weighted by Crippen LogP contribution is 2.33. The number of carbonyl (C=O) groups is 1. The molecule has 4 aromatic rings. The van der Waals surface area contributed by atoms with Crippen molar-refractivity contribution in [3.63, 3.8) is 0 Å². The molecule has 9 nitrogen and oxygen atoms in total. The molecule has 0 spiro atoms. The molecule has 0 aliphatic heterocycles. The molecule has 0 fully saturated rings. The van der Waals surface area contributed by atoms with Crippen LogP contribution in [-0.2, 0) is 16.1 Å². The van der Waals surface area contributed by atoms with Gasteiger partial charge in [0.25, 0.3) is 0 Å². The van der Waals surface area contributed by atoms with Crippen molar-refractivity contribution in [2.45, 2.75) is 6.61 Å². The summed E-state index contributed by atoms with van der Waals surface area (Å²) in [7, 11) is 3.13. The van der Waals surface area contributed by atoms with E-state index in [0.717, 1.165) is 11.3 Å². The van der Waals surface area contributed by atoms with Crippen LogP contribution in [0.5, 0.6) is 11.5 Å². The van der Waals surface area contributed by atoms with E-state index in [0.29, 0.717) is 27.5 Å². The minimum Gasteiger partial charge on any atom is -0.711 e. The molecule has 0 bridgehead atoms. The maximum Gasteiger partial charge on any atom is 0.339 e. The third-order valence-electron chi connectivity index (χ3n) is 4.95. The zero-order valence-electron chi connectivity index (χ0n) is 18.6. The molecule has 9 heteroatoms. The lowest BCUT2D eigenvalue weighted by atomic mass is 10.1. The molecule has 2 heterocycles. The first-order chi connectivity index (χ1) is 16.6. The highest BCUT2D eigenvalue weighted by Gasteiger charge is 2.15. The first-order valence-electron chi connectivity index (χ1n) is 10.3. The third kappa shape index (κ3) is 5.04. The molecular weight excluding hydrogens is 436 g/mol. The van der Waals surface area contributed by atoms with Gasteiger partial charge in [-0.05, 0) is 41.4 Å². The summed E-state index contributed by atoms with van der Waals surface area (Å²) in [6, 6.07) is 16.6. The molecule has 0 atom stereocenters. The number of hydrogen-bond acceptors (Lipinski definition) is 7. The van der Waals surface area contributed by atoms with E-state index in [1.54, 1.807) is 31.0 Å². The molecule has 0 aliphatic carbocycles. The van der Waals surface area contributed by atoms with Crippen LogP contribution in [0.15, 0.2) is 79.3 Å². The number of aromatic nitrogens is 4. The number of esters is 1. The maximum absolute atomic E-state index is 12.3. The van der Waals surface area contributed by atoms with Crippen LogP contribution >= 0.6 is 0 Å². The van der Waals surface area contributed by atoms with Crippen LogP contribution in [0.1, 0.15) is 11.4 Å². The Hall–Kier alpha value is -4.66. The topological polar surface area (TPSA) is 102 Å². The molecule has 0 saturated carbocycles. The molecule has 0 radical (unpaired) electrons. The Kier molecular flexibility index (Phi) is 6.83. The van der Waals surface area contributed by atoms with Gasteiger partial charge in [0.05, 0.1) is 26.1 Å². The van der Waals surface area contributed by atoms with Gasteiger partial charge >= 0.3 is 11.8 Å². The van der Waals surface area contributed by atoms with E-state index < -0.39 is 5.97 Å². The van der Waals surface area contributed by atoms with Crippen molar-refractivity contribution in [1.82, 2.24) is 14.8 Å². The lowest BCUT2D eigenvalue weighted by molar-refractivity contribution is -0.620. The van der Waals surface area contributed by atoms with Crippen molar-refractivity contribution < 1.29 is 23.7 Å². The van der Waals surface area contributed by atoms with Gasteiger partial charge in [-0.25, -0.2) is 14.2 Å². The largest absolute Gasteiger partial charge is 0.711 e. The molecule has 172 valence electrons. The number of ether oxygens (including phenoxy) is 3. The smallest absolute Gasteiger partial charge is 0.339 e. The number of methoxy groups -OCH3 is 2. The highest BCUT2D eigenvalue weighted by molar-refractivity contribution is 5.88. The van der Waals surface area contributed by atoms with Crippen molar-refractivity contribution in [2.24, 2.45) is 0 Å². The number of rotatable bonds is 8. The van der Waals surface area contributed by atoms with E-state index in [2.05, 4.69) is 4.98 Å². The molecule has 0 N–H and O–H groups in total. The first kappa shape index (κ1) is 22.5. The summed E-state index contributed by atoms with van der Waals surface area (Å²) in [5, 5.41) is 16.4. The normalized spacial score (nSPS) is 10.9. The minimum atomic E-state index is -0.614. The minimum absolute atomic E-state index is 0.0900. The van der Waals surface area contributed by atoms with Gasteiger partial charge < -0.3 is 19.4 Å². The second kappa shape index (κ2) is 10.3. The zero-order valence-corrected chi connectivity index (χ0v) is 18.6. The van der Waals surface area contributed by atoms with E-state index >= 15 is 0 Å². The molecule has 4 rings (SSSR count). The van der Waals surface area contributed by atoms with Crippen molar-refractivity contribution in [2.75, 3.05) is 14.2 Å². The summed E-state index contributed by atoms with van der Waals surface area (Å²) in [4.78, 5) is 16.2. The summed E-state index contributed by atoms with van der Waals surface area (Å²) in [6.07, 6.45) is 7.47. The van der Waals surface area contributed by atoms with Crippen LogP contribution in [0.2, 0.25) is 0 Å². The van der Waals surface area contributed by atoms with Gasteiger partial charge in [-0.2, -0.15) is 5.10 Å². The Balaban J connectivity index is 1.63. The van der Waals surface area contributed by atoms with Gasteiger partial charge in [-0.3, -0.25) is 0 Å². The first-order valence-corrected chi connectivity index (χ1v) is 10.3. The van der Waals surface area contributed by atoms with Crippen molar-refractivity contribution in [3.8, 4) is 28.4 Å². The molecule has 34 heavy (non-hydrogen) atoms. The number of nitrogens with zero attached hydrogens (tertiary/aromatic N) is 4. The monoisotopic (exact) mass is 458 g/mol. The maximum atomic E-state index is 12.3. The Morgan fingerprint density at radius 2 is 1.88 bits per heavy atom. The number of carbonyl (C=O) groups excluding carboxylic acids is 1. The van der Waals surface area contributed by atoms with Crippen LogP contribution in [0, 0.1) is 5.21 Å². The van der Waals surface area contributed by atoms with Gasteiger partial charge in [0.15, 0.2) is 18.1 Å². The standard InChI is InChI=1S/C25H22N4O5/c1-32-21-11-9-18(15-22(21)33-2)25-19(16-28(27-25)20-7-4-3-5-8-20)10-12-24(30)34-17-23-26-13-6-14-29(23)31/h3-16H,17H2,1-2H3/b12-10+. The fraction of sp³-hybridized carbons (Fsp3) is 0.120. The number of benzene rings is 2. The van der Waals surface area contributed by atoms with Gasteiger partial charge in [-0.1, -0.05) is 18.2 Å². The lowest BCUT2D eigenvalue weighted by Gasteiger charge is -2.09. The molecule has 0 aliphatic rings. The zero-order chi connectivity index (χ0) is 23.9. The van der Waals surface area contributed by atoms with Crippen molar-refractivity contribution >= 4 is 12.0 Å². The molecule has 2 aromatic carbocycles. The summed E-state index contributed by atoms with van der Waals surface area (Å²) in [5.41, 5.74) is 2.96. The highest BCUT2D eigenvalue weighted by atomic mass is 16.5. The van der Waals surface area contributed by atoms with Crippen molar-refractivity contribution in [1.29, 1.82) is 0 Å². The average Bonchev–Trinajstić information content (AvgIpc) is 3.31. The van der Waals surface area contributed by atoms with E-state index in [1.807, 2.05) is 48.7 Å². The number of para-hydroxylation sites is 1. The molecule has 0 unspecified atom stereocenters. The Bertz CT molecular complexity index is 1320. The van der Waals surface area contributed by atoms with E-state index in [-0.39, 0.29) is 12.4 Å². The predicted molar refractivity (Wildman–Crippen MR) is 124 cm³/mol. The average molecular weight is 458 g/mol. The van der Waals surface area contributed by atoms with Gasteiger partial charge in [0, 0.05) is 29.5 Å². The molecule has 0 saturated heterocycles. The SMILES string of the molecule is COc1ccc(-c2nn(-c3ccccc3)cc2/C=C/C(=O)OCc2nccc[n+]2[O-])cc1OC. The fourth-order valence-corrected chi connectivity index (χ4v) is 3.26. The Morgan fingerprint density at radius 1 is 1.09 bits per heavy atom. The van der Waals surface area contributed by atoms with E-state index in [4.69, 9.17) is 19.3 Å². The molecular formula is C25H22N4O5. The summed E-state index contributed by atoms with van der Waals surface area (Å²) < 4.78 is 18.2. The van der Waals surface area contributed by atoms with E-state index in [9.17, 15) is 10.0 Å². The summed E-state index contributed by atoms with van der Waals surface area (Å²) >= 11 is 0. The van der Waals surface area contributed by atoms with Crippen LogP contribution in [0.3, 0.4) is 0 Å². The van der Waals surface area contributed by atoms with Crippen molar-refractivity contribution in [3.05, 3.63) is 95.9 Å². The predicted octanol–water partition coefficient (Wildman–Crippen LogP) is 3.34. The van der Waals surface area contributed by atoms with Crippen LogP contribution in [0.25, 0.3) is 23.0 Å². The van der Waals surface area contributed by atoms with Gasteiger partial charge in [0.2, 0.25) is 0 Å². The van der Waals surface area contributed by atoms with Gasteiger partial charge in [0.1, 0.15) is 11.9 Å². The molecule has 2 aromatic heterocycles. The van der Waals surface area contributed by atoms with Crippen LogP contribution in [-0.4, -0.2) is 35.0 Å². The van der Waals surface area contributed by atoms with Crippen LogP contribution < -0.4 is 14.2 Å². The quantitative estimate of drug-likeness (QED) is 0.173. The Labute approximate surface area is 196 Å². The second-order valence-electron chi connectivity index (χ2n) is 7.09. The van der Waals surface area contributed by atoms with Gasteiger partial charge in [-0.15, -0.1) is 0 Å².